The van der Waals surface area contributed by atoms with Crippen LogP contribution in [0.5, 0.6) is 0 Å². The molecule has 0 saturated carbocycles. The van der Waals surface area contributed by atoms with Gasteiger partial charge in [-0.3, -0.25) is 13.7 Å². The fourth-order valence-corrected chi connectivity index (χ4v) is 7.88. The summed E-state index contributed by atoms with van der Waals surface area (Å²) in [4.78, 5) is 4.16. The second-order valence-corrected chi connectivity index (χ2v) is 17.4. The molecule has 7 atom stereocenters. The van der Waals surface area contributed by atoms with Crippen molar-refractivity contribution in [3.05, 3.63) is 12.2 Å². The summed E-state index contributed by atoms with van der Waals surface area (Å²) in [6.07, 6.45) is 20.3. The van der Waals surface area contributed by atoms with Gasteiger partial charge < -0.3 is 34.5 Å². The van der Waals surface area contributed by atoms with Crippen molar-refractivity contribution in [1.82, 2.24) is 0 Å². The number of hydrogen-bond acceptors (Lipinski definition) is 14. The van der Waals surface area contributed by atoms with E-state index in [1.807, 2.05) is 0 Å². The third kappa shape index (κ3) is 33.0. The molecule has 0 aromatic carbocycles. The quantitative estimate of drug-likeness (QED) is 0.0125. The molecule has 4 N–H and O–H groups in total. The Kier molecular flexibility index (Phi) is 39.9. The zero-order valence-electron chi connectivity index (χ0n) is 36.6. The van der Waals surface area contributed by atoms with Crippen LogP contribution in [0, 0.1) is 0 Å². The van der Waals surface area contributed by atoms with E-state index >= 15 is 0 Å². The van der Waals surface area contributed by atoms with Gasteiger partial charge in [0.1, 0.15) is 24.4 Å². The normalized spacial score (nSPS) is 21.3. The van der Waals surface area contributed by atoms with Crippen LogP contribution in [0.3, 0.4) is 0 Å². The molecule has 0 aromatic rings. The van der Waals surface area contributed by atoms with Crippen molar-refractivity contribution in [2.24, 2.45) is 4.99 Å². The molecule has 19 heteroatoms. The smallest absolute Gasteiger partial charge is 0.862 e. The molecular formula is C40H75NNa2O14S2. The molecule has 0 aromatic heterocycles. The summed E-state index contributed by atoms with van der Waals surface area (Å²) in [5, 5.41) is 44.3. The molecule has 0 bridgehead atoms. The van der Waals surface area contributed by atoms with Crippen LogP contribution >= 0.6 is 0 Å². The van der Waals surface area contributed by atoms with Gasteiger partial charge in [0.25, 0.3) is 0 Å². The number of hydrogen-bond donors (Lipinski definition) is 4. The standard InChI is InChI=1S/C40H77NO14S2.2Na/c1-3-5-7-9-11-13-15-17-19-21-23-25-27-29-34(43)33(41-36(44)30-28-26-24-22-20-18-16-14-12-10-8-6-4-2)32-52-40-39(55-57(49,50)51)38(54-56(46,47)48)37(45)35(31-42)53-40;;/h27,29,33-35,37-40,42-43,45H,3-26,28,30-32H2,1-2H3,(H,41,44)(H,46,47,48)(H,49,50,51);;/q;2*+1/p-2/b29-27+;;/t33-,34+,35+,37-,38-,39+,40+;;/m0../s1. The Morgan fingerprint density at radius 3 is 1.59 bits per heavy atom. The number of allylic oxidation sites excluding steroid dienone is 1. The zero-order valence-corrected chi connectivity index (χ0v) is 42.3. The molecule has 0 unspecified atom stereocenters. The molecule has 1 saturated heterocycles. The summed E-state index contributed by atoms with van der Waals surface area (Å²) in [5.74, 6) is -0.498. The Labute approximate surface area is 400 Å². The molecule has 1 aliphatic heterocycles. The molecule has 15 nitrogen and oxygen atoms in total. The van der Waals surface area contributed by atoms with Gasteiger partial charge >= 0.3 is 69.5 Å². The number of ether oxygens (including phenoxy) is 2. The van der Waals surface area contributed by atoms with Gasteiger partial charge in [0.15, 0.2) is 12.4 Å². The first kappa shape index (κ1) is 61.8. The van der Waals surface area contributed by atoms with Crippen LogP contribution in [0.4, 0.5) is 0 Å². The van der Waals surface area contributed by atoms with E-state index in [4.69, 9.17) is 9.47 Å². The maximum atomic E-state index is 13.0. The predicted octanol–water partition coefficient (Wildman–Crippen LogP) is 0.349. The molecule has 0 aliphatic carbocycles. The van der Waals surface area contributed by atoms with E-state index < -0.39 is 82.8 Å². The van der Waals surface area contributed by atoms with Crippen molar-refractivity contribution in [3.63, 3.8) is 0 Å². The summed E-state index contributed by atoms with van der Waals surface area (Å²) in [5.41, 5.74) is 0. The SMILES string of the molecule is CCCCCCCCCCCCC/C=C/[C@@H](O)[C@H](CO[C@@H]1O[C@H](CO)[C@H](O)[C@H](OS(=O)(=O)[O-])[C@H]1OS(=O)(=O)O)N=C([O-])CCCCCCCCCCCCCCC.[Na+].[Na+]. The van der Waals surface area contributed by atoms with Crippen molar-refractivity contribution >= 4 is 26.7 Å². The van der Waals surface area contributed by atoms with Gasteiger partial charge in [-0.05, 0) is 31.6 Å². The monoisotopic (exact) mass is 903 g/mol. The molecule has 1 aliphatic rings. The Balaban J connectivity index is 0. The summed E-state index contributed by atoms with van der Waals surface area (Å²) < 4.78 is 86.9. The maximum Gasteiger partial charge on any atom is 1.00 e. The Morgan fingerprint density at radius 2 is 1.17 bits per heavy atom. The van der Waals surface area contributed by atoms with Crippen molar-refractivity contribution in [1.29, 1.82) is 0 Å². The van der Waals surface area contributed by atoms with Crippen molar-refractivity contribution in [2.45, 2.75) is 224 Å². The van der Waals surface area contributed by atoms with E-state index in [1.165, 1.54) is 109 Å². The predicted molar refractivity (Wildman–Crippen MR) is 216 cm³/mol. The van der Waals surface area contributed by atoms with Crippen LogP contribution in [0.1, 0.15) is 181 Å². The van der Waals surface area contributed by atoms with Crippen LogP contribution < -0.4 is 64.2 Å². The number of aliphatic hydroxyl groups excluding tert-OH is 3. The summed E-state index contributed by atoms with van der Waals surface area (Å²) in [6.45, 7) is 2.86. The maximum absolute atomic E-state index is 13.0. The molecule has 59 heavy (non-hydrogen) atoms. The molecule has 1 rings (SSSR count). The molecule has 338 valence electrons. The van der Waals surface area contributed by atoms with E-state index in [0.29, 0.717) is 12.8 Å². The first-order valence-electron chi connectivity index (χ1n) is 21.7. The topological polar surface area (TPSA) is 245 Å². The van der Waals surface area contributed by atoms with Crippen LogP contribution in [-0.2, 0) is 38.6 Å². The van der Waals surface area contributed by atoms with Crippen molar-refractivity contribution < 1.29 is 123 Å². The average molecular weight is 904 g/mol. The van der Waals surface area contributed by atoms with Gasteiger partial charge in [-0.15, -0.1) is 0 Å². The Morgan fingerprint density at radius 1 is 0.729 bits per heavy atom. The number of unbranched alkanes of at least 4 members (excludes halogenated alkanes) is 23. The van der Waals surface area contributed by atoms with Crippen molar-refractivity contribution in [3.8, 4) is 0 Å². The average Bonchev–Trinajstić information content (AvgIpc) is 3.14. The van der Waals surface area contributed by atoms with Crippen molar-refractivity contribution in [2.75, 3.05) is 13.2 Å². The van der Waals surface area contributed by atoms with Gasteiger partial charge in [-0.25, -0.2) is 12.6 Å². The fourth-order valence-electron chi connectivity index (χ4n) is 6.90. The molecule has 0 spiro atoms. The van der Waals surface area contributed by atoms with Gasteiger partial charge in [0.05, 0.1) is 19.3 Å². The van der Waals surface area contributed by atoms with E-state index in [2.05, 4.69) is 27.2 Å². The van der Waals surface area contributed by atoms with Gasteiger partial charge in [-0.2, -0.15) is 8.42 Å². The van der Waals surface area contributed by atoms with E-state index in [0.717, 1.165) is 44.9 Å². The zero-order chi connectivity index (χ0) is 42.4. The molecular weight excluding hydrogens is 829 g/mol. The first-order chi connectivity index (χ1) is 27.2. The summed E-state index contributed by atoms with van der Waals surface area (Å²) >= 11 is 0. The van der Waals surface area contributed by atoms with Crippen LogP contribution in [0.15, 0.2) is 17.1 Å². The number of aliphatic hydroxyl groups is 3. The van der Waals surface area contributed by atoms with E-state index in [-0.39, 0.29) is 65.5 Å². The Hall–Kier alpha value is 0.750. The van der Waals surface area contributed by atoms with Gasteiger partial charge in [-0.1, -0.05) is 167 Å². The second-order valence-electron chi connectivity index (χ2n) is 15.3. The number of aliphatic imine (C=N–C) groups is 1. The minimum absolute atomic E-state index is 0. The summed E-state index contributed by atoms with van der Waals surface area (Å²) in [6, 6.07) is -1.25. The van der Waals surface area contributed by atoms with E-state index in [9.17, 15) is 46.4 Å². The molecule has 0 amide bonds. The van der Waals surface area contributed by atoms with Crippen LogP contribution in [-0.4, -0.2) is 103 Å². The van der Waals surface area contributed by atoms with Gasteiger partial charge in [0.2, 0.25) is 10.4 Å². The minimum Gasteiger partial charge on any atom is -0.862 e. The largest absolute Gasteiger partial charge is 1.00 e. The second kappa shape index (κ2) is 38.1. The number of rotatable bonds is 37. The minimum atomic E-state index is -5.58. The molecule has 0 radical (unpaired) electrons. The fraction of sp³-hybridized carbons (Fsp3) is 0.925. The summed E-state index contributed by atoms with van der Waals surface area (Å²) in [7, 11) is -11.0. The van der Waals surface area contributed by atoms with Crippen LogP contribution in [0.2, 0.25) is 0 Å². The number of nitrogens with zero attached hydrogens (tertiary/aromatic N) is 1. The first-order valence-corrected chi connectivity index (χ1v) is 24.4. The molecule has 1 heterocycles. The third-order valence-electron chi connectivity index (χ3n) is 10.2. The van der Waals surface area contributed by atoms with Gasteiger partial charge in [0, 0.05) is 0 Å². The third-order valence-corrected chi connectivity index (χ3v) is 11.1. The molecule has 1 fully saturated rings. The Bertz CT molecular complexity index is 1280. The van der Waals surface area contributed by atoms with E-state index in [1.54, 1.807) is 6.08 Å². The van der Waals surface area contributed by atoms with Crippen LogP contribution in [0.25, 0.3) is 0 Å².